The summed E-state index contributed by atoms with van der Waals surface area (Å²) in [7, 11) is 0. The second kappa shape index (κ2) is 25.2. The molecule has 23 atom stereocenters. The molecular weight excluding hydrogens is 860 g/mol. The van der Waals surface area contributed by atoms with Gasteiger partial charge < -0.3 is 88.2 Å². The maximum atomic E-state index is 13.6. The predicted molar refractivity (Wildman–Crippen MR) is 225 cm³/mol. The second-order valence-electron chi connectivity index (χ2n) is 18.7. The molecule has 20 nitrogen and oxygen atoms in total. The number of unbranched alkanes of at least 4 members (excludes halogenated alkanes) is 2. The Hall–Kier alpha value is -1.70. The quantitative estimate of drug-likeness (QED) is 0.118. The highest BCUT2D eigenvalue weighted by Gasteiger charge is 2.57. The standard InChI is InChI=1S/C45H78O20/c1-8-9-15-18-27-19-16-13-11-10-12-14-17-20-28(47)61-39-36(62-41(55)21(2)22(3)46)31(50)25(6)58-44(39)63-37-32(51)26(7)59-45(64-38-34(53)30(49)24(5)57-43(38)60-27)40(37)65-42-35(54)33(52)29(48)23(4)56-42/h21-27,29-40,42-46,48-54H,8-20H2,1-7H3/t21-,22+,23+,24-,25-,26-,27+,29+,30-,31-,32-,33-,34+,35-,36+,37+,38-,39-,40-,42+,43+,44+,45+/m1/s1. The van der Waals surface area contributed by atoms with E-state index in [-0.39, 0.29) is 12.5 Å². The van der Waals surface area contributed by atoms with E-state index in [9.17, 15) is 50.4 Å². The first-order valence-electron chi connectivity index (χ1n) is 23.9. The summed E-state index contributed by atoms with van der Waals surface area (Å²) in [4.78, 5) is 26.9. The Balaban J connectivity index is 1.58. The van der Waals surface area contributed by atoms with Crippen LogP contribution in [-0.2, 0) is 57.0 Å². The van der Waals surface area contributed by atoms with Crippen molar-refractivity contribution in [2.45, 2.75) is 267 Å². The van der Waals surface area contributed by atoms with Crippen molar-refractivity contribution in [3.05, 3.63) is 0 Å². The lowest BCUT2D eigenvalue weighted by Crippen LogP contribution is -2.68. The van der Waals surface area contributed by atoms with Crippen LogP contribution in [0.4, 0.5) is 0 Å². The van der Waals surface area contributed by atoms with Gasteiger partial charge in [0.2, 0.25) is 0 Å². The minimum Gasteiger partial charge on any atom is -0.455 e. The summed E-state index contributed by atoms with van der Waals surface area (Å²) < 4.78 is 62.1. The number of hydrogen-bond donors (Lipinski definition) is 8. The van der Waals surface area contributed by atoms with Crippen molar-refractivity contribution in [2.75, 3.05) is 0 Å². The lowest BCUT2D eigenvalue weighted by atomic mass is 9.95. The SMILES string of the molecule is CCCCC[C@H]1CCCCCCCCCC(=O)O[C@H]2[C@H](O[C@H]3[C@H](O)[C@@H](C)O[C@@H](O[C@H]4[C@H](O1)O[C@H](C)[C@@H](O)[C@@H]4O)[C@@H]3O[C@@H]1O[C@@H](C)[C@H](O)[C@@H](O)[C@H]1O)O[C@H](C)[C@@H](O)[C@@H]2OC(=O)[C@H](C)[C@H](C)O. The average molecular weight is 939 g/mol. The molecule has 5 fully saturated rings. The van der Waals surface area contributed by atoms with Crippen LogP contribution in [0.2, 0.25) is 0 Å². The van der Waals surface area contributed by atoms with Gasteiger partial charge >= 0.3 is 11.9 Å². The van der Waals surface area contributed by atoms with Gasteiger partial charge in [-0.15, -0.1) is 0 Å². The van der Waals surface area contributed by atoms with Crippen LogP contribution < -0.4 is 0 Å². The smallest absolute Gasteiger partial charge is 0.311 e. The number of hydrogen-bond acceptors (Lipinski definition) is 20. The van der Waals surface area contributed by atoms with Crippen molar-refractivity contribution < 1.29 is 97.8 Å². The number of esters is 2. The number of aliphatic hydroxyl groups excluding tert-OH is 8. The first kappa shape index (κ1) is 54.2. The summed E-state index contributed by atoms with van der Waals surface area (Å²) in [5, 5.41) is 88.9. The van der Waals surface area contributed by atoms with Crippen molar-refractivity contribution in [2.24, 2.45) is 5.92 Å². The minimum atomic E-state index is -1.87. The van der Waals surface area contributed by atoms with E-state index >= 15 is 0 Å². The fourth-order valence-corrected chi connectivity index (χ4v) is 8.86. The van der Waals surface area contributed by atoms with E-state index in [4.69, 9.17) is 47.4 Å². The molecule has 2 bridgehead atoms. The monoisotopic (exact) mass is 939 g/mol. The Kier molecular flexibility index (Phi) is 21.1. The van der Waals surface area contributed by atoms with Crippen molar-refractivity contribution in [1.82, 2.24) is 0 Å². The van der Waals surface area contributed by atoms with Crippen molar-refractivity contribution >= 4 is 11.9 Å². The van der Waals surface area contributed by atoms with Crippen LogP contribution >= 0.6 is 0 Å². The van der Waals surface area contributed by atoms with Gasteiger partial charge in [0, 0.05) is 6.42 Å². The topological polar surface area (TPSA) is 288 Å². The molecule has 0 aromatic rings. The van der Waals surface area contributed by atoms with Gasteiger partial charge in [-0.05, 0) is 60.8 Å². The number of rotatable bonds is 9. The van der Waals surface area contributed by atoms with Gasteiger partial charge in [-0.25, -0.2) is 0 Å². The van der Waals surface area contributed by atoms with Crippen LogP contribution in [0.3, 0.4) is 0 Å². The second-order valence-corrected chi connectivity index (χ2v) is 18.7. The summed E-state index contributed by atoms with van der Waals surface area (Å²) in [6.07, 6.45) is -21.6. The molecule has 0 saturated carbocycles. The van der Waals surface area contributed by atoms with E-state index in [1.54, 1.807) is 6.92 Å². The van der Waals surface area contributed by atoms with Crippen molar-refractivity contribution in [3.63, 3.8) is 0 Å². The van der Waals surface area contributed by atoms with E-state index in [0.717, 1.165) is 57.8 Å². The Labute approximate surface area is 382 Å². The number of carbonyl (C=O) groups excluding carboxylic acids is 2. The Morgan fingerprint density at radius 2 is 1.15 bits per heavy atom. The van der Waals surface area contributed by atoms with Crippen LogP contribution in [0.1, 0.15) is 132 Å². The summed E-state index contributed by atoms with van der Waals surface area (Å²) in [6, 6.07) is 0. The largest absolute Gasteiger partial charge is 0.455 e. The molecule has 0 aliphatic carbocycles. The maximum Gasteiger partial charge on any atom is 0.311 e. The highest BCUT2D eigenvalue weighted by atomic mass is 16.8. The van der Waals surface area contributed by atoms with E-state index in [2.05, 4.69) is 6.92 Å². The van der Waals surface area contributed by atoms with Gasteiger partial charge in [0.1, 0.15) is 61.0 Å². The molecule has 0 radical (unpaired) electrons. The normalized spacial score (nSPS) is 45.3. The van der Waals surface area contributed by atoms with E-state index in [1.165, 1.54) is 34.6 Å². The molecule has 0 unspecified atom stereocenters. The Morgan fingerprint density at radius 3 is 1.82 bits per heavy atom. The van der Waals surface area contributed by atoms with Gasteiger partial charge in [-0.2, -0.15) is 0 Å². The van der Waals surface area contributed by atoms with Crippen molar-refractivity contribution in [3.8, 4) is 0 Å². The van der Waals surface area contributed by atoms with Crippen LogP contribution in [0.15, 0.2) is 0 Å². The molecule has 5 aliphatic heterocycles. The predicted octanol–water partition coefficient (Wildman–Crippen LogP) is 0.978. The lowest BCUT2D eigenvalue weighted by molar-refractivity contribution is -0.406. The van der Waals surface area contributed by atoms with Gasteiger partial charge in [0.25, 0.3) is 0 Å². The molecule has 5 saturated heterocycles. The van der Waals surface area contributed by atoms with Crippen molar-refractivity contribution in [1.29, 1.82) is 0 Å². The van der Waals surface area contributed by atoms with Crippen LogP contribution in [-0.4, -0.2) is 188 Å². The fraction of sp³-hybridized carbons (Fsp3) is 0.956. The Morgan fingerprint density at radius 1 is 0.600 bits per heavy atom. The molecule has 5 rings (SSSR count). The highest BCUT2D eigenvalue weighted by Crippen LogP contribution is 2.38. The third-order valence-electron chi connectivity index (χ3n) is 13.5. The third kappa shape index (κ3) is 14.0. The third-order valence-corrected chi connectivity index (χ3v) is 13.5. The Bertz CT molecular complexity index is 1440. The molecule has 378 valence electrons. The summed E-state index contributed by atoms with van der Waals surface area (Å²) in [5.74, 6) is -2.67. The minimum absolute atomic E-state index is 0.0321. The highest BCUT2D eigenvalue weighted by molar-refractivity contribution is 5.73. The molecule has 0 amide bonds. The molecule has 5 heterocycles. The molecule has 5 aliphatic rings. The van der Waals surface area contributed by atoms with Crippen LogP contribution in [0.5, 0.6) is 0 Å². The summed E-state index contributed by atoms with van der Waals surface area (Å²) in [6.45, 7) is 10.9. The molecule has 0 aromatic heterocycles. The van der Waals surface area contributed by atoms with E-state index < -0.39 is 147 Å². The number of carbonyl (C=O) groups is 2. The zero-order chi connectivity index (χ0) is 47.7. The molecular formula is C45H78O20. The van der Waals surface area contributed by atoms with E-state index in [1.807, 2.05) is 0 Å². The lowest BCUT2D eigenvalue weighted by Gasteiger charge is -2.50. The average Bonchev–Trinajstić information content (AvgIpc) is 3.26. The van der Waals surface area contributed by atoms with Gasteiger partial charge in [-0.3, -0.25) is 9.59 Å². The van der Waals surface area contributed by atoms with Crippen LogP contribution in [0, 0.1) is 5.92 Å². The first-order chi connectivity index (χ1) is 30.8. The van der Waals surface area contributed by atoms with Gasteiger partial charge in [0.15, 0.2) is 37.4 Å². The zero-order valence-corrected chi connectivity index (χ0v) is 38.9. The number of aliphatic hydroxyl groups is 8. The first-order valence-corrected chi connectivity index (χ1v) is 23.9. The number of ether oxygens (including phenoxy) is 10. The maximum absolute atomic E-state index is 13.6. The molecule has 65 heavy (non-hydrogen) atoms. The molecule has 20 heteroatoms. The van der Waals surface area contributed by atoms with E-state index in [0.29, 0.717) is 19.3 Å². The fourth-order valence-electron chi connectivity index (χ4n) is 8.86. The molecule has 0 spiro atoms. The zero-order valence-electron chi connectivity index (χ0n) is 38.9. The molecule has 8 N–H and O–H groups in total. The van der Waals surface area contributed by atoms with Gasteiger partial charge in [0.05, 0.1) is 42.5 Å². The van der Waals surface area contributed by atoms with Crippen LogP contribution in [0.25, 0.3) is 0 Å². The van der Waals surface area contributed by atoms with Gasteiger partial charge in [-0.1, -0.05) is 64.7 Å². The summed E-state index contributed by atoms with van der Waals surface area (Å²) >= 11 is 0. The molecule has 0 aromatic carbocycles. The summed E-state index contributed by atoms with van der Waals surface area (Å²) in [5.41, 5.74) is 0. The number of fused-ring (bicyclic) bond motifs is 4.